The molecule has 1 atom stereocenters. The van der Waals surface area contributed by atoms with Crippen LogP contribution >= 0.6 is 0 Å². The van der Waals surface area contributed by atoms with E-state index in [2.05, 4.69) is 6.58 Å². The summed E-state index contributed by atoms with van der Waals surface area (Å²) < 4.78 is 0. The molecule has 4 nitrogen and oxygen atoms in total. The Labute approximate surface area is 78.6 Å². The molecule has 0 saturated heterocycles. The lowest BCUT2D eigenvalue weighted by atomic mass is 10.2. The third-order valence-electron chi connectivity index (χ3n) is 1.67. The van der Waals surface area contributed by atoms with Gasteiger partial charge in [-0.1, -0.05) is 6.08 Å². The molecule has 0 aliphatic carbocycles. The van der Waals surface area contributed by atoms with E-state index in [1.54, 1.807) is 13.1 Å². The van der Waals surface area contributed by atoms with Gasteiger partial charge in [-0.2, -0.15) is 5.26 Å². The van der Waals surface area contributed by atoms with E-state index in [0.717, 1.165) is 0 Å². The Hall–Kier alpha value is -1.34. The Kier molecular flexibility index (Phi) is 5.57. The van der Waals surface area contributed by atoms with Gasteiger partial charge in [0.1, 0.15) is 0 Å². The van der Waals surface area contributed by atoms with E-state index in [0.29, 0.717) is 19.4 Å². The number of amides is 1. The summed E-state index contributed by atoms with van der Waals surface area (Å²) in [5, 5.41) is 8.30. The number of likely N-dealkylation sites (N-methyl/N-ethyl adjacent to an activating group) is 1. The molecule has 0 aliphatic rings. The van der Waals surface area contributed by atoms with Gasteiger partial charge >= 0.3 is 0 Å². The van der Waals surface area contributed by atoms with E-state index in [-0.39, 0.29) is 5.91 Å². The monoisotopic (exact) mass is 181 g/mol. The quantitative estimate of drug-likeness (QED) is 0.618. The number of carbonyl (C=O) groups is 1. The number of nitrogens with two attached hydrogens (primary N) is 1. The Balaban J connectivity index is 3.94. The lowest BCUT2D eigenvalue weighted by molar-refractivity contribution is -0.131. The maximum Gasteiger partial charge on any atom is 0.239 e. The van der Waals surface area contributed by atoms with Gasteiger partial charge in [-0.05, 0) is 6.42 Å². The zero-order valence-corrected chi connectivity index (χ0v) is 7.86. The number of rotatable bonds is 5. The summed E-state index contributed by atoms with van der Waals surface area (Å²) in [5.74, 6) is -0.143. The van der Waals surface area contributed by atoms with Crippen LogP contribution in [-0.2, 0) is 4.79 Å². The van der Waals surface area contributed by atoms with Crippen molar-refractivity contribution in [2.45, 2.75) is 18.9 Å². The zero-order chi connectivity index (χ0) is 10.3. The standard InChI is InChI=1S/C9H15N3O/c1-3-5-8(11)9(13)12(2)7-4-6-10/h3,8H,1,4-5,7,11H2,2H3. The Bertz CT molecular complexity index is 219. The van der Waals surface area contributed by atoms with Crippen molar-refractivity contribution in [2.24, 2.45) is 5.73 Å². The first kappa shape index (κ1) is 11.7. The molecule has 0 radical (unpaired) electrons. The highest BCUT2D eigenvalue weighted by molar-refractivity contribution is 5.81. The van der Waals surface area contributed by atoms with Crippen molar-refractivity contribution in [3.05, 3.63) is 12.7 Å². The van der Waals surface area contributed by atoms with Gasteiger partial charge in [-0.15, -0.1) is 6.58 Å². The van der Waals surface area contributed by atoms with Crippen molar-refractivity contribution in [2.75, 3.05) is 13.6 Å². The first-order valence-electron chi connectivity index (χ1n) is 4.12. The fourth-order valence-corrected chi connectivity index (χ4v) is 0.891. The summed E-state index contributed by atoms with van der Waals surface area (Å²) in [6.07, 6.45) is 2.42. The van der Waals surface area contributed by atoms with Crippen molar-refractivity contribution in [3.63, 3.8) is 0 Å². The van der Waals surface area contributed by atoms with Crippen LogP contribution in [0.1, 0.15) is 12.8 Å². The highest BCUT2D eigenvalue weighted by atomic mass is 16.2. The summed E-state index contributed by atoms with van der Waals surface area (Å²) in [6.45, 7) is 3.93. The summed E-state index contributed by atoms with van der Waals surface area (Å²) in [6, 6.07) is 1.44. The van der Waals surface area contributed by atoms with Gasteiger partial charge in [-0.25, -0.2) is 0 Å². The van der Waals surface area contributed by atoms with Gasteiger partial charge < -0.3 is 10.6 Å². The highest BCUT2D eigenvalue weighted by Crippen LogP contribution is 1.96. The number of nitrogens with zero attached hydrogens (tertiary/aromatic N) is 2. The molecule has 1 amide bonds. The molecular weight excluding hydrogens is 166 g/mol. The van der Waals surface area contributed by atoms with Gasteiger partial charge in [-0.3, -0.25) is 4.79 Å². The van der Waals surface area contributed by atoms with Crippen molar-refractivity contribution in [1.29, 1.82) is 5.26 Å². The summed E-state index contributed by atoms with van der Waals surface area (Å²) in [4.78, 5) is 12.9. The van der Waals surface area contributed by atoms with Crippen LogP contribution in [0.5, 0.6) is 0 Å². The normalized spacial score (nSPS) is 11.5. The molecule has 0 saturated carbocycles. The second-order valence-corrected chi connectivity index (χ2v) is 2.80. The van der Waals surface area contributed by atoms with E-state index in [1.807, 2.05) is 6.07 Å². The van der Waals surface area contributed by atoms with Crippen molar-refractivity contribution in [1.82, 2.24) is 4.90 Å². The van der Waals surface area contributed by atoms with Crippen molar-refractivity contribution < 1.29 is 4.79 Å². The molecule has 0 aromatic heterocycles. The minimum Gasteiger partial charge on any atom is -0.343 e. The van der Waals surface area contributed by atoms with Crippen LogP contribution in [-0.4, -0.2) is 30.4 Å². The molecule has 4 heteroatoms. The maximum atomic E-state index is 11.4. The molecule has 0 aliphatic heterocycles. The molecule has 0 aromatic carbocycles. The predicted molar refractivity (Wildman–Crippen MR) is 50.7 cm³/mol. The minimum absolute atomic E-state index is 0.143. The van der Waals surface area contributed by atoms with Crippen LogP contribution in [0.4, 0.5) is 0 Å². The van der Waals surface area contributed by atoms with Gasteiger partial charge in [0.2, 0.25) is 5.91 Å². The van der Waals surface area contributed by atoms with E-state index < -0.39 is 6.04 Å². The topological polar surface area (TPSA) is 70.1 Å². The zero-order valence-electron chi connectivity index (χ0n) is 7.86. The molecule has 0 spiro atoms. The lowest BCUT2D eigenvalue weighted by Gasteiger charge is -2.19. The number of carbonyl (C=O) groups excluding carboxylic acids is 1. The van der Waals surface area contributed by atoms with Crippen LogP contribution in [0.3, 0.4) is 0 Å². The van der Waals surface area contributed by atoms with Gasteiger partial charge in [0.15, 0.2) is 0 Å². The van der Waals surface area contributed by atoms with Gasteiger partial charge in [0.25, 0.3) is 0 Å². The van der Waals surface area contributed by atoms with Gasteiger partial charge in [0.05, 0.1) is 18.5 Å². The smallest absolute Gasteiger partial charge is 0.239 e. The molecule has 0 aromatic rings. The molecule has 0 heterocycles. The fourth-order valence-electron chi connectivity index (χ4n) is 0.891. The molecule has 13 heavy (non-hydrogen) atoms. The fraction of sp³-hybridized carbons (Fsp3) is 0.556. The SMILES string of the molecule is C=CCC(N)C(=O)N(C)CCC#N. The highest BCUT2D eigenvalue weighted by Gasteiger charge is 2.15. The van der Waals surface area contributed by atoms with Crippen LogP contribution in [0.2, 0.25) is 0 Å². The maximum absolute atomic E-state index is 11.4. The molecule has 0 fully saturated rings. The van der Waals surface area contributed by atoms with Crippen LogP contribution in [0.15, 0.2) is 12.7 Å². The summed E-state index contributed by atoms with van der Waals surface area (Å²) in [5.41, 5.74) is 5.56. The first-order chi connectivity index (χ1) is 6.13. The summed E-state index contributed by atoms with van der Waals surface area (Å²) >= 11 is 0. The van der Waals surface area contributed by atoms with E-state index in [1.165, 1.54) is 4.90 Å². The average molecular weight is 181 g/mol. The molecule has 0 bridgehead atoms. The van der Waals surface area contributed by atoms with Crippen molar-refractivity contribution in [3.8, 4) is 6.07 Å². The number of hydrogen-bond acceptors (Lipinski definition) is 3. The molecule has 72 valence electrons. The first-order valence-corrected chi connectivity index (χ1v) is 4.12. The Morgan fingerprint density at radius 2 is 2.46 bits per heavy atom. The average Bonchev–Trinajstić information content (AvgIpc) is 2.13. The van der Waals surface area contributed by atoms with E-state index in [9.17, 15) is 4.79 Å². The van der Waals surface area contributed by atoms with E-state index >= 15 is 0 Å². The van der Waals surface area contributed by atoms with Crippen LogP contribution in [0, 0.1) is 11.3 Å². The molecule has 2 N–H and O–H groups in total. The summed E-state index contributed by atoms with van der Waals surface area (Å²) in [7, 11) is 1.64. The Morgan fingerprint density at radius 3 is 2.92 bits per heavy atom. The molecular formula is C9H15N3O. The molecule has 1 unspecified atom stereocenters. The van der Waals surface area contributed by atoms with Crippen LogP contribution in [0.25, 0.3) is 0 Å². The Morgan fingerprint density at radius 1 is 1.85 bits per heavy atom. The van der Waals surface area contributed by atoms with Crippen LogP contribution < -0.4 is 5.73 Å². The molecule has 0 rings (SSSR count). The third-order valence-corrected chi connectivity index (χ3v) is 1.67. The second kappa shape index (κ2) is 6.21. The van der Waals surface area contributed by atoms with E-state index in [4.69, 9.17) is 11.0 Å². The lowest BCUT2D eigenvalue weighted by Crippen LogP contribution is -2.41. The number of hydrogen-bond donors (Lipinski definition) is 1. The predicted octanol–water partition coefficient (Wildman–Crippen LogP) is 0.262. The largest absolute Gasteiger partial charge is 0.343 e. The number of nitriles is 1. The third kappa shape index (κ3) is 4.28. The second-order valence-electron chi connectivity index (χ2n) is 2.80. The minimum atomic E-state index is -0.527. The van der Waals surface area contributed by atoms with Gasteiger partial charge in [0, 0.05) is 13.6 Å². The van der Waals surface area contributed by atoms with Crippen molar-refractivity contribution >= 4 is 5.91 Å².